The van der Waals surface area contributed by atoms with Crippen molar-refractivity contribution in [1.82, 2.24) is 9.97 Å². The van der Waals surface area contributed by atoms with E-state index in [1.807, 2.05) is 0 Å². The molecular formula is C51H100N2O8Si4. The quantitative estimate of drug-likeness (QED) is 0.0464. The van der Waals surface area contributed by atoms with Crippen LogP contribution in [0.25, 0.3) is 0 Å². The first-order valence-electron chi connectivity index (χ1n) is 25.3. The van der Waals surface area contributed by atoms with Crippen molar-refractivity contribution in [2.75, 3.05) is 0 Å². The molecule has 5 unspecified atom stereocenters. The van der Waals surface area contributed by atoms with Crippen LogP contribution in [0.4, 0.5) is 0 Å². The molecule has 0 aromatic carbocycles. The van der Waals surface area contributed by atoms with Crippen molar-refractivity contribution < 1.29 is 36.1 Å². The van der Waals surface area contributed by atoms with E-state index in [4.69, 9.17) is 36.3 Å². The Bertz CT molecular complexity index is 1670. The van der Waals surface area contributed by atoms with Crippen LogP contribution in [-0.2, 0) is 27.2 Å². The summed E-state index contributed by atoms with van der Waals surface area (Å²) < 4.78 is 48.0. The standard InChI is InChI=1S/C51H100N2O8Si4/c1-23-24-25-26-27-28-29-30-31-32-33-34-44(54)57-46(43-36-52-38-56-43)47-53-40(37-55-47)41(59-63(17,18)49(6,7)8)35-42(60-64(19,20)50(9,10)11)45(61-65(21,22)51(12,13)14)39(2)58-62(15,16)48(3,4)5/h36-39,41-42,45-46H,23-35H2,1-22H3. The van der Waals surface area contributed by atoms with Gasteiger partial charge in [0, 0.05) is 12.8 Å². The summed E-state index contributed by atoms with van der Waals surface area (Å²) in [5.41, 5.74) is 0.614. The van der Waals surface area contributed by atoms with E-state index in [-0.39, 0.29) is 38.1 Å². The van der Waals surface area contributed by atoms with Gasteiger partial charge in [-0.3, -0.25) is 4.79 Å². The number of ether oxygens (including phenoxy) is 1. The van der Waals surface area contributed by atoms with Gasteiger partial charge in [-0.05, 0) is 85.9 Å². The lowest BCUT2D eigenvalue weighted by Gasteiger charge is -2.49. The first-order valence-corrected chi connectivity index (χ1v) is 36.9. The van der Waals surface area contributed by atoms with Gasteiger partial charge in [-0.1, -0.05) is 154 Å². The van der Waals surface area contributed by atoms with E-state index in [1.165, 1.54) is 57.8 Å². The van der Waals surface area contributed by atoms with Gasteiger partial charge in [0.15, 0.2) is 45.4 Å². The lowest BCUT2D eigenvalue weighted by atomic mass is 10.0. The first-order chi connectivity index (χ1) is 29.6. The fourth-order valence-corrected chi connectivity index (χ4v) is 12.2. The second kappa shape index (κ2) is 24.4. The van der Waals surface area contributed by atoms with Crippen molar-refractivity contribution in [2.24, 2.45) is 0 Å². The van der Waals surface area contributed by atoms with Crippen molar-refractivity contribution in [1.29, 1.82) is 0 Å². The van der Waals surface area contributed by atoms with E-state index in [2.05, 4.69) is 154 Å². The lowest BCUT2D eigenvalue weighted by molar-refractivity contribution is -0.149. The van der Waals surface area contributed by atoms with Gasteiger partial charge >= 0.3 is 5.97 Å². The van der Waals surface area contributed by atoms with Crippen LogP contribution in [0.3, 0.4) is 0 Å². The number of unbranched alkanes of at least 4 members (excludes halogenated alkanes) is 10. The SMILES string of the molecule is CCCCCCCCCCCCCC(=O)OC(c1cnco1)c1nc(C(CC(O[Si](C)(C)C(C)(C)C)C(O[Si](C)(C)C(C)(C)C)C(C)O[Si](C)(C)C(C)(C)C)O[Si](C)(C)C(C)(C)C)co1. The number of hydrogen-bond acceptors (Lipinski definition) is 10. The first kappa shape index (κ1) is 59.7. The normalized spacial score (nSPS) is 16.3. The van der Waals surface area contributed by atoms with Gasteiger partial charge in [0.1, 0.15) is 12.0 Å². The molecule has 0 saturated carbocycles. The number of carbonyl (C=O) groups is 1. The van der Waals surface area contributed by atoms with Crippen LogP contribution in [0.2, 0.25) is 72.5 Å². The van der Waals surface area contributed by atoms with E-state index in [0.717, 1.165) is 19.3 Å². The number of carbonyl (C=O) groups excluding carboxylic acids is 1. The predicted octanol–water partition coefficient (Wildman–Crippen LogP) is 16.6. The molecular weight excluding hydrogens is 881 g/mol. The largest absolute Gasteiger partial charge is 0.445 e. The Labute approximate surface area is 403 Å². The van der Waals surface area contributed by atoms with Crippen molar-refractivity contribution >= 4 is 39.2 Å². The fraction of sp³-hybridized carbons (Fsp3) is 0.863. The van der Waals surface area contributed by atoms with Crippen molar-refractivity contribution in [3.05, 3.63) is 36.2 Å². The number of hydrogen-bond donors (Lipinski definition) is 0. The molecule has 0 bridgehead atoms. The number of esters is 1. The van der Waals surface area contributed by atoms with E-state index in [1.54, 1.807) is 12.5 Å². The van der Waals surface area contributed by atoms with Gasteiger partial charge < -0.3 is 31.3 Å². The summed E-state index contributed by atoms with van der Waals surface area (Å²) in [4.78, 5) is 22.7. The second-order valence-electron chi connectivity index (χ2n) is 25.1. The molecule has 10 nitrogen and oxygen atoms in total. The van der Waals surface area contributed by atoms with E-state index in [0.29, 0.717) is 24.3 Å². The third kappa shape index (κ3) is 18.5. The maximum atomic E-state index is 13.5. The highest BCUT2D eigenvalue weighted by atomic mass is 28.4. The average Bonchev–Trinajstić information content (AvgIpc) is 3.86. The number of nitrogens with zero attached hydrogens (tertiary/aromatic N) is 2. The second-order valence-corrected chi connectivity index (χ2v) is 44.1. The molecule has 5 atom stereocenters. The van der Waals surface area contributed by atoms with E-state index >= 15 is 0 Å². The molecule has 2 rings (SSSR count). The molecule has 2 aromatic rings. The van der Waals surface area contributed by atoms with Crippen molar-refractivity contribution in [2.45, 2.75) is 283 Å². The Balaban J connectivity index is 2.62. The molecule has 0 aliphatic rings. The molecule has 0 aliphatic heterocycles. The van der Waals surface area contributed by atoms with Crippen LogP contribution in [0, 0.1) is 0 Å². The Morgan fingerprint density at radius 2 is 1.06 bits per heavy atom. The molecule has 0 spiro atoms. The van der Waals surface area contributed by atoms with E-state index < -0.39 is 57.7 Å². The molecule has 14 heteroatoms. The zero-order chi connectivity index (χ0) is 49.9. The Morgan fingerprint density at radius 1 is 0.615 bits per heavy atom. The molecule has 0 fully saturated rings. The van der Waals surface area contributed by atoms with Gasteiger partial charge in [0.2, 0.25) is 12.0 Å². The Kier molecular flexibility index (Phi) is 22.4. The van der Waals surface area contributed by atoms with Crippen LogP contribution in [-0.4, -0.2) is 67.5 Å². The highest BCUT2D eigenvalue weighted by molar-refractivity contribution is 6.75. The van der Waals surface area contributed by atoms with Crippen molar-refractivity contribution in [3.63, 3.8) is 0 Å². The zero-order valence-electron chi connectivity index (χ0n) is 46.0. The molecule has 378 valence electrons. The molecule has 0 radical (unpaired) electrons. The third-order valence-electron chi connectivity index (χ3n) is 15.3. The minimum atomic E-state index is -2.45. The summed E-state index contributed by atoms with van der Waals surface area (Å²) in [6.07, 6.45) is 16.0. The van der Waals surface area contributed by atoms with E-state index in [9.17, 15) is 4.79 Å². The molecule has 0 amide bonds. The summed E-state index contributed by atoms with van der Waals surface area (Å²) in [5.74, 6) is 0.255. The van der Waals surface area contributed by atoms with Gasteiger partial charge in [0.25, 0.3) is 0 Å². The molecule has 0 N–H and O–H groups in total. The van der Waals surface area contributed by atoms with Crippen LogP contribution in [0.15, 0.2) is 27.7 Å². The van der Waals surface area contributed by atoms with Gasteiger partial charge in [-0.15, -0.1) is 0 Å². The molecule has 2 aromatic heterocycles. The van der Waals surface area contributed by atoms with Crippen LogP contribution >= 0.6 is 0 Å². The summed E-state index contributed by atoms with van der Waals surface area (Å²) in [7, 11) is -9.51. The molecule has 0 aliphatic carbocycles. The van der Waals surface area contributed by atoms with Gasteiger partial charge in [-0.25, -0.2) is 9.97 Å². The van der Waals surface area contributed by atoms with Gasteiger partial charge in [-0.2, -0.15) is 0 Å². The minimum Gasteiger partial charge on any atom is -0.445 e. The van der Waals surface area contributed by atoms with Crippen LogP contribution in [0.1, 0.15) is 210 Å². The highest BCUT2D eigenvalue weighted by Gasteiger charge is 2.50. The highest BCUT2D eigenvalue weighted by Crippen LogP contribution is 2.46. The smallest absolute Gasteiger partial charge is 0.307 e. The minimum absolute atomic E-state index is 0.000114. The number of aromatic nitrogens is 2. The summed E-state index contributed by atoms with van der Waals surface area (Å²) in [6, 6.07) is 0. The molecule has 0 saturated heterocycles. The van der Waals surface area contributed by atoms with Crippen LogP contribution < -0.4 is 0 Å². The fourth-order valence-electron chi connectivity index (χ4n) is 6.75. The third-order valence-corrected chi connectivity index (χ3v) is 33.4. The Morgan fingerprint density at radius 3 is 1.52 bits per heavy atom. The summed E-state index contributed by atoms with van der Waals surface area (Å²) in [6.45, 7) is 50.2. The zero-order valence-corrected chi connectivity index (χ0v) is 50.0. The Hall–Kier alpha value is -1.40. The van der Waals surface area contributed by atoms with Gasteiger partial charge in [0.05, 0.1) is 30.6 Å². The number of rotatable bonds is 28. The molecule has 2 heterocycles. The lowest BCUT2D eigenvalue weighted by Crippen LogP contribution is -2.57. The van der Waals surface area contributed by atoms with Crippen molar-refractivity contribution in [3.8, 4) is 0 Å². The topological polar surface area (TPSA) is 115 Å². The average molecular weight is 982 g/mol. The van der Waals surface area contributed by atoms with Crippen LogP contribution in [0.5, 0.6) is 0 Å². The molecule has 65 heavy (non-hydrogen) atoms. The summed E-state index contributed by atoms with van der Waals surface area (Å²) >= 11 is 0. The predicted molar refractivity (Wildman–Crippen MR) is 280 cm³/mol. The maximum absolute atomic E-state index is 13.5. The maximum Gasteiger partial charge on any atom is 0.307 e. The monoisotopic (exact) mass is 981 g/mol. The summed E-state index contributed by atoms with van der Waals surface area (Å²) in [5, 5.41) is -0.230. The number of oxazole rings is 2.